The lowest BCUT2D eigenvalue weighted by molar-refractivity contribution is -0.111. The van der Waals surface area contributed by atoms with Crippen LogP contribution in [0.3, 0.4) is 0 Å². The lowest BCUT2D eigenvalue weighted by Gasteiger charge is -2.08. The molecule has 12 heavy (non-hydrogen) atoms. The second-order valence-corrected chi connectivity index (χ2v) is 3.06. The third-order valence-electron chi connectivity index (χ3n) is 1.77. The molecule has 0 saturated carbocycles. The molecule has 0 bridgehead atoms. The number of carbonyl (C=O) groups is 1. The summed E-state index contributed by atoms with van der Waals surface area (Å²) >= 11 is 3.70. The molecule has 0 amide bonds. The molecule has 0 saturated heterocycles. The lowest BCUT2D eigenvalue weighted by atomic mass is 10.0. The molecule has 1 aromatic carbocycles. The average molecular weight is 182 g/mol. The number of hydrogen-bond donors (Lipinski definition) is 2. The number of para-hydroxylation sites is 1. The molecule has 0 aliphatic carbocycles. The first-order valence-electron chi connectivity index (χ1n) is 3.63. The van der Waals surface area contributed by atoms with E-state index in [0.717, 1.165) is 0 Å². The highest BCUT2D eigenvalue weighted by Gasteiger charge is 2.14. The number of aromatic hydroxyl groups is 1. The molecule has 1 N–H and O–H groups in total. The summed E-state index contributed by atoms with van der Waals surface area (Å²) in [6.45, 7) is 1.71. The summed E-state index contributed by atoms with van der Waals surface area (Å²) in [5, 5.41) is 9.10. The molecule has 1 rings (SSSR count). The minimum Gasteiger partial charge on any atom is -0.508 e. The van der Waals surface area contributed by atoms with Crippen molar-refractivity contribution in [3.05, 3.63) is 29.8 Å². The fraction of sp³-hybridized carbons (Fsp3) is 0.222. The summed E-state index contributed by atoms with van der Waals surface area (Å²) in [5.41, 5.74) is 0.623. The van der Waals surface area contributed by atoms with Crippen molar-refractivity contribution in [3.63, 3.8) is 0 Å². The topological polar surface area (TPSA) is 37.3 Å². The zero-order valence-corrected chi connectivity index (χ0v) is 7.58. The van der Waals surface area contributed by atoms with E-state index in [4.69, 9.17) is 0 Å². The quantitative estimate of drug-likeness (QED) is 0.686. The Bertz CT molecular complexity index is 296. The van der Waals surface area contributed by atoms with Gasteiger partial charge in [0, 0.05) is 5.56 Å². The van der Waals surface area contributed by atoms with Crippen molar-refractivity contribution in [1.82, 2.24) is 0 Å². The maximum Gasteiger partial charge on any atom is 0.193 e. The van der Waals surface area contributed by atoms with Gasteiger partial charge in [0.1, 0.15) is 5.75 Å². The van der Waals surface area contributed by atoms with E-state index < -0.39 is 0 Å². The van der Waals surface area contributed by atoms with Crippen LogP contribution in [-0.4, -0.2) is 10.2 Å². The van der Waals surface area contributed by atoms with E-state index in [1.54, 1.807) is 31.2 Å². The summed E-state index contributed by atoms with van der Waals surface area (Å²) in [7, 11) is 0. The molecule has 0 radical (unpaired) electrons. The van der Waals surface area contributed by atoms with Gasteiger partial charge in [0.05, 0.1) is 5.92 Å². The molecule has 1 atom stereocenters. The van der Waals surface area contributed by atoms with Crippen LogP contribution >= 0.6 is 12.6 Å². The van der Waals surface area contributed by atoms with Crippen molar-refractivity contribution in [3.8, 4) is 5.75 Å². The van der Waals surface area contributed by atoms with Gasteiger partial charge in [-0.05, 0) is 6.07 Å². The van der Waals surface area contributed by atoms with E-state index in [0.29, 0.717) is 5.56 Å². The van der Waals surface area contributed by atoms with Crippen LogP contribution in [0, 0.1) is 0 Å². The highest BCUT2D eigenvalue weighted by atomic mass is 32.1. The van der Waals surface area contributed by atoms with Crippen LogP contribution in [0.1, 0.15) is 18.4 Å². The zero-order valence-electron chi connectivity index (χ0n) is 6.69. The number of thiol groups is 1. The molecule has 64 valence electrons. The Morgan fingerprint density at radius 3 is 2.58 bits per heavy atom. The van der Waals surface area contributed by atoms with E-state index in [-0.39, 0.29) is 16.8 Å². The predicted octanol–water partition coefficient (Wildman–Crippen LogP) is 1.95. The van der Waals surface area contributed by atoms with Gasteiger partial charge in [0.15, 0.2) is 5.12 Å². The van der Waals surface area contributed by atoms with E-state index >= 15 is 0 Å². The minimum absolute atomic E-state index is 0.146. The smallest absolute Gasteiger partial charge is 0.193 e. The van der Waals surface area contributed by atoms with E-state index in [9.17, 15) is 9.90 Å². The van der Waals surface area contributed by atoms with E-state index in [2.05, 4.69) is 12.6 Å². The molecular formula is C9H10O2S. The third-order valence-corrected chi connectivity index (χ3v) is 2.16. The Hall–Kier alpha value is -0.960. The summed E-state index contributed by atoms with van der Waals surface area (Å²) < 4.78 is 0. The molecule has 3 heteroatoms. The number of hydrogen-bond acceptors (Lipinski definition) is 2. The van der Waals surface area contributed by atoms with Gasteiger partial charge in [0.25, 0.3) is 0 Å². The van der Waals surface area contributed by atoms with Crippen LogP contribution in [-0.2, 0) is 4.79 Å². The summed E-state index contributed by atoms with van der Waals surface area (Å²) in [6.07, 6.45) is 0. The Morgan fingerprint density at radius 2 is 2.08 bits per heavy atom. The fourth-order valence-corrected chi connectivity index (χ4v) is 1.13. The lowest BCUT2D eigenvalue weighted by Crippen LogP contribution is -2.01. The number of phenols is 1. The molecule has 0 aliphatic rings. The number of phenolic OH excluding ortho intramolecular Hbond substituents is 1. The van der Waals surface area contributed by atoms with Gasteiger partial charge in [0.2, 0.25) is 0 Å². The Morgan fingerprint density at radius 1 is 1.50 bits per heavy atom. The molecule has 2 nitrogen and oxygen atoms in total. The van der Waals surface area contributed by atoms with E-state index in [1.807, 2.05) is 0 Å². The molecular weight excluding hydrogens is 172 g/mol. The molecule has 0 unspecified atom stereocenters. The first kappa shape index (κ1) is 9.13. The molecule has 0 aromatic heterocycles. The average Bonchev–Trinajstić information content (AvgIpc) is 2.04. The number of benzene rings is 1. The summed E-state index contributed by atoms with van der Waals surface area (Å²) in [6, 6.07) is 6.77. The van der Waals surface area contributed by atoms with Crippen molar-refractivity contribution in [1.29, 1.82) is 0 Å². The van der Waals surface area contributed by atoms with Gasteiger partial charge in [-0.3, -0.25) is 4.79 Å². The second kappa shape index (κ2) is 3.63. The van der Waals surface area contributed by atoms with Crippen molar-refractivity contribution in [2.24, 2.45) is 0 Å². The molecule has 1 aromatic rings. The second-order valence-electron chi connectivity index (χ2n) is 2.62. The Balaban J connectivity index is 3.02. The van der Waals surface area contributed by atoms with Gasteiger partial charge in [-0.25, -0.2) is 0 Å². The van der Waals surface area contributed by atoms with Crippen LogP contribution in [0.25, 0.3) is 0 Å². The first-order chi connectivity index (χ1) is 5.63. The monoisotopic (exact) mass is 182 g/mol. The van der Waals surface area contributed by atoms with Crippen LogP contribution in [0.5, 0.6) is 5.75 Å². The third kappa shape index (κ3) is 1.80. The maximum atomic E-state index is 10.8. The summed E-state index contributed by atoms with van der Waals surface area (Å²) in [5.74, 6) is -0.207. The van der Waals surface area contributed by atoms with Gasteiger partial charge in [-0.15, -0.1) is 12.6 Å². The van der Waals surface area contributed by atoms with Gasteiger partial charge in [-0.1, -0.05) is 25.1 Å². The molecule has 0 fully saturated rings. The number of carbonyl (C=O) groups excluding carboxylic acids is 1. The minimum atomic E-state index is -0.352. The van der Waals surface area contributed by atoms with Crippen LogP contribution in [0.4, 0.5) is 0 Å². The molecule has 0 spiro atoms. The predicted molar refractivity (Wildman–Crippen MR) is 50.5 cm³/mol. The van der Waals surface area contributed by atoms with Crippen molar-refractivity contribution < 1.29 is 9.90 Å². The molecule has 0 aliphatic heterocycles. The maximum absolute atomic E-state index is 10.8. The van der Waals surface area contributed by atoms with Crippen molar-refractivity contribution in [2.75, 3.05) is 0 Å². The van der Waals surface area contributed by atoms with Gasteiger partial charge < -0.3 is 5.11 Å². The van der Waals surface area contributed by atoms with E-state index in [1.165, 1.54) is 0 Å². The standard InChI is InChI=1S/C9H10O2S/c1-6(9(11)12)7-4-2-3-5-8(7)10/h2-6,10H,1H3,(H,11,12)/t6-/m1/s1. The number of rotatable bonds is 2. The van der Waals surface area contributed by atoms with Gasteiger partial charge in [-0.2, -0.15) is 0 Å². The zero-order chi connectivity index (χ0) is 9.14. The van der Waals surface area contributed by atoms with Gasteiger partial charge >= 0.3 is 0 Å². The Labute approximate surface area is 76.6 Å². The fourth-order valence-electron chi connectivity index (χ4n) is 0.987. The largest absolute Gasteiger partial charge is 0.508 e. The van der Waals surface area contributed by atoms with Crippen molar-refractivity contribution in [2.45, 2.75) is 12.8 Å². The molecule has 0 heterocycles. The van der Waals surface area contributed by atoms with Crippen LogP contribution in [0.2, 0.25) is 0 Å². The highest BCUT2D eigenvalue weighted by molar-refractivity contribution is 7.96. The van der Waals surface area contributed by atoms with Crippen molar-refractivity contribution >= 4 is 17.7 Å². The Kier molecular flexibility index (Phi) is 2.76. The SMILES string of the molecule is C[C@@H](C(=O)S)c1ccccc1O. The highest BCUT2D eigenvalue weighted by Crippen LogP contribution is 2.26. The van der Waals surface area contributed by atoms with Crippen LogP contribution < -0.4 is 0 Å². The summed E-state index contributed by atoms with van der Waals surface area (Å²) in [4.78, 5) is 10.8. The normalized spacial score (nSPS) is 12.5. The first-order valence-corrected chi connectivity index (χ1v) is 4.08. The van der Waals surface area contributed by atoms with Crippen LogP contribution in [0.15, 0.2) is 24.3 Å².